The molecule has 33 heavy (non-hydrogen) atoms. The summed E-state index contributed by atoms with van der Waals surface area (Å²) >= 11 is 6.05. The van der Waals surface area contributed by atoms with E-state index in [2.05, 4.69) is 27.3 Å². The fourth-order valence-corrected chi connectivity index (χ4v) is 4.43. The van der Waals surface area contributed by atoms with Crippen LogP contribution in [-0.2, 0) is 17.7 Å². The fourth-order valence-electron chi connectivity index (χ4n) is 4.22. The zero-order valence-electron chi connectivity index (χ0n) is 18.0. The number of rotatable bonds is 5. The van der Waals surface area contributed by atoms with Crippen LogP contribution in [0.15, 0.2) is 42.6 Å². The SMILES string of the molecule is Fc1ccc(F)c(CN2CCCc3ncc(Nc4ccc(N5CCOCC5)cc4)nc32)c1Cl. The van der Waals surface area contributed by atoms with E-state index >= 15 is 0 Å². The van der Waals surface area contributed by atoms with E-state index in [1.165, 1.54) is 0 Å². The van der Waals surface area contributed by atoms with Crippen molar-refractivity contribution in [3.05, 3.63) is 70.5 Å². The molecule has 0 unspecified atom stereocenters. The van der Waals surface area contributed by atoms with Crippen molar-refractivity contribution in [3.8, 4) is 0 Å². The van der Waals surface area contributed by atoms with E-state index in [1.807, 2.05) is 17.0 Å². The van der Waals surface area contributed by atoms with Crippen LogP contribution in [0.4, 0.5) is 31.8 Å². The van der Waals surface area contributed by atoms with Gasteiger partial charge in [-0.05, 0) is 49.2 Å². The van der Waals surface area contributed by atoms with Gasteiger partial charge in [0.2, 0.25) is 0 Å². The Morgan fingerprint density at radius 2 is 1.76 bits per heavy atom. The molecule has 2 aliphatic heterocycles. The summed E-state index contributed by atoms with van der Waals surface area (Å²) in [6.45, 7) is 4.04. The van der Waals surface area contributed by atoms with Crippen molar-refractivity contribution >= 4 is 34.6 Å². The summed E-state index contributed by atoms with van der Waals surface area (Å²) < 4.78 is 33.7. The molecule has 0 amide bonds. The normalized spacial score (nSPS) is 16.0. The third kappa shape index (κ3) is 4.72. The molecule has 3 heterocycles. The number of ether oxygens (including phenoxy) is 1. The highest BCUT2D eigenvalue weighted by Gasteiger charge is 2.23. The summed E-state index contributed by atoms with van der Waals surface area (Å²) in [6.07, 6.45) is 3.34. The highest BCUT2D eigenvalue weighted by atomic mass is 35.5. The zero-order chi connectivity index (χ0) is 22.8. The monoisotopic (exact) mass is 471 g/mol. The van der Waals surface area contributed by atoms with Gasteiger partial charge < -0.3 is 19.9 Å². The van der Waals surface area contributed by atoms with Crippen LogP contribution in [0, 0.1) is 11.6 Å². The van der Waals surface area contributed by atoms with Gasteiger partial charge >= 0.3 is 0 Å². The van der Waals surface area contributed by atoms with Gasteiger partial charge in [0.05, 0.1) is 30.1 Å². The summed E-state index contributed by atoms with van der Waals surface area (Å²) in [5.74, 6) is 0.0879. The van der Waals surface area contributed by atoms with Gasteiger partial charge in [-0.25, -0.2) is 13.8 Å². The molecular weight excluding hydrogens is 448 g/mol. The molecule has 0 bridgehead atoms. The van der Waals surface area contributed by atoms with E-state index in [0.29, 0.717) is 18.2 Å². The van der Waals surface area contributed by atoms with Crippen LogP contribution in [0.1, 0.15) is 17.7 Å². The van der Waals surface area contributed by atoms with Gasteiger partial charge in [-0.3, -0.25) is 4.98 Å². The van der Waals surface area contributed by atoms with E-state index in [4.69, 9.17) is 21.3 Å². The fraction of sp³-hybridized carbons (Fsp3) is 0.333. The molecule has 0 aliphatic carbocycles. The predicted octanol–water partition coefficient (Wildman–Crippen LogP) is 4.94. The molecule has 6 nitrogen and oxygen atoms in total. The first-order valence-corrected chi connectivity index (χ1v) is 11.4. The number of halogens is 3. The molecule has 0 atom stereocenters. The van der Waals surface area contributed by atoms with Crippen LogP contribution in [-0.4, -0.2) is 42.8 Å². The number of aryl methyl sites for hydroxylation is 1. The molecule has 2 aliphatic rings. The Balaban J connectivity index is 1.35. The summed E-state index contributed by atoms with van der Waals surface area (Å²) in [6, 6.07) is 10.3. The third-order valence-electron chi connectivity index (χ3n) is 5.97. The number of hydrogen-bond donors (Lipinski definition) is 1. The molecule has 1 saturated heterocycles. The Labute approximate surface area is 196 Å². The van der Waals surface area contributed by atoms with E-state index in [9.17, 15) is 8.78 Å². The minimum Gasteiger partial charge on any atom is -0.378 e. The second-order valence-electron chi connectivity index (χ2n) is 8.14. The number of nitrogens with zero attached hydrogens (tertiary/aromatic N) is 4. The number of benzene rings is 2. The maximum atomic E-state index is 14.4. The van der Waals surface area contributed by atoms with Crippen molar-refractivity contribution in [1.29, 1.82) is 0 Å². The van der Waals surface area contributed by atoms with Crippen LogP contribution in [0.25, 0.3) is 0 Å². The molecule has 1 fully saturated rings. The molecule has 3 aromatic rings. The van der Waals surface area contributed by atoms with Gasteiger partial charge in [-0.2, -0.15) is 0 Å². The van der Waals surface area contributed by atoms with Gasteiger partial charge in [0.25, 0.3) is 0 Å². The molecule has 0 spiro atoms. The lowest BCUT2D eigenvalue weighted by molar-refractivity contribution is 0.122. The average molecular weight is 472 g/mol. The third-order valence-corrected chi connectivity index (χ3v) is 6.38. The van der Waals surface area contributed by atoms with E-state index < -0.39 is 11.6 Å². The number of fused-ring (bicyclic) bond motifs is 1. The first-order chi connectivity index (χ1) is 16.1. The standard InChI is InChI=1S/C24H24ClF2N5O/c25-23-18(19(26)7-8-20(23)27)15-32-9-1-2-21-24(32)30-22(14-28-21)29-16-3-5-17(6-4-16)31-10-12-33-13-11-31/h3-8,14H,1-2,9-13,15H2,(H,29,30). The highest BCUT2D eigenvalue weighted by Crippen LogP contribution is 2.31. The number of nitrogens with one attached hydrogen (secondary N) is 1. The molecule has 1 aromatic heterocycles. The number of morpholine rings is 1. The van der Waals surface area contributed by atoms with Crippen LogP contribution >= 0.6 is 11.6 Å². The highest BCUT2D eigenvalue weighted by molar-refractivity contribution is 6.31. The van der Waals surface area contributed by atoms with Crippen LogP contribution in [0.2, 0.25) is 5.02 Å². The number of aromatic nitrogens is 2. The Bertz CT molecular complexity index is 1140. The smallest absolute Gasteiger partial charge is 0.153 e. The minimum atomic E-state index is -0.632. The molecule has 172 valence electrons. The first-order valence-electron chi connectivity index (χ1n) is 11.0. The summed E-state index contributed by atoms with van der Waals surface area (Å²) in [5, 5.41) is 3.11. The Kier molecular flexibility index (Phi) is 6.28. The van der Waals surface area contributed by atoms with Crippen molar-refractivity contribution < 1.29 is 13.5 Å². The molecule has 9 heteroatoms. The maximum Gasteiger partial charge on any atom is 0.153 e. The summed E-state index contributed by atoms with van der Waals surface area (Å²) in [5.41, 5.74) is 3.01. The lowest BCUT2D eigenvalue weighted by Crippen LogP contribution is -2.36. The second-order valence-corrected chi connectivity index (χ2v) is 8.52. The van der Waals surface area contributed by atoms with Gasteiger partial charge in [0.1, 0.15) is 11.6 Å². The molecular formula is C24H24ClF2N5O. The second kappa shape index (κ2) is 9.49. The van der Waals surface area contributed by atoms with Gasteiger partial charge in [0.15, 0.2) is 11.6 Å². The van der Waals surface area contributed by atoms with Crippen LogP contribution < -0.4 is 15.1 Å². The van der Waals surface area contributed by atoms with Crippen LogP contribution in [0.5, 0.6) is 0 Å². The van der Waals surface area contributed by atoms with Crippen molar-refractivity contribution in [2.24, 2.45) is 0 Å². The molecule has 2 aromatic carbocycles. The average Bonchev–Trinajstić information content (AvgIpc) is 2.85. The van der Waals surface area contributed by atoms with E-state index in [0.717, 1.165) is 68.3 Å². The topological polar surface area (TPSA) is 53.5 Å². The molecule has 0 saturated carbocycles. The van der Waals surface area contributed by atoms with E-state index in [-0.39, 0.29) is 17.1 Å². The molecule has 0 radical (unpaired) electrons. The first kappa shape index (κ1) is 21.9. The Morgan fingerprint density at radius 1 is 1.00 bits per heavy atom. The van der Waals surface area contributed by atoms with Crippen molar-refractivity contribution in [2.75, 3.05) is 48.0 Å². The molecule has 1 N–H and O–H groups in total. The van der Waals surface area contributed by atoms with Gasteiger partial charge in [-0.15, -0.1) is 0 Å². The maximum absolute atomic E-state index is 14.4. The number of hydrogen-bond acceptors (Lipinski definition) is 6. The quantitative estimate of drug-likeness (QED) is 0.532. The van der Waals surface area contributed by atoms with Crippen LogP contribution in [0.3, 0.4) is 0 Å². The van der Waals surface area contributed by atoms with Crippen molar-refractivity contribution in [2.45, 2.75) is 19.4 Å². The van der Waals surface area contributed by atoms with Gasteiger partial charge in [-0.1, -0.05) is 11.6 Å². The zero-order valence-corrected chi connectivity index (χ0v) is 18.8. The summed E-state index contributed by atoms with van der Waals surface area (Å²) in [4.78, 5) is 13.5. The Morgan fingerprint density at radius 3 is 2.55 bits per heavy atom. The van der Waals surface area contributed by atoms with E-state index in [1.54, 1.807) is 6.20 Å². The van der Waals surface area contributed by atoms with Crippen molar-refractivity contribution in [1.82, 2.24) is 9.97 Å². The minimum absolute atomic E-state index is 0.127. The Hall–Kier alpha value is -2.97. The predicted molar refractivity (Wildman–Crippen MR) is 126 cm³/mol. The summed E-state index contributed by atoms with van der Waals surface area (Å²) in [7, 11) is 0. The van der Waals surface area contributed by atoms with Gasteiger partial charge in [0, 0.05) is 43.1 Å². The lowest BCUT2D eigenvalue weighted by atomic mass is 10.1. The number of anilines is 4. The largest absolute Gasteiger partial charge is 0.378 e. The van der Waals surface area contributed by atoms with Crippen molar-refractivity contribution in [3.63, 3.8) is 0 Å². The molecule has 5 rings (SSSR count). The lowest BCUT2D eigenvalue weighted by Gasteiger charge is -2.30.